The molecule has 1 aromatic carbocycles. The molecule has 0 aliphatic heterocycles. The van der Waals surface area contributed by atoms with E-state index in [1.54, 1.807) is 6.07 Å². The molecule has 2 unspecified atom stereocenters. The predicted molar refractivity (Wildman–Crippen MR) is 78.6 cm³/mol. The third-order valence-electron chi connectivity index (χ3n) is 4.41. The molecule has 0 bridgehead atoms. The van der Waals surface area contributed by atoms with E-state index in [2.05, 4.69) is 5.32 Å². The maximum absolute atomic E-state index is 12.1. The predicted octanol–water partition coefficient (Wildman–Crippen LogP) is 2.01. The molecule has 1 saturated carbocycles. The fourth-order valence-electron chi connectivity index (χ4n) is 2.23. The zero-order chi connectivity index (χ0) is 16.1. The van der Waals surface area contributed by atoms with Gasteiger partial charge in [-0.3, -0.25) is 9.36 Å². The van der Waals surface area contributed by atoms with Crippen LogP contribution < -0.4 is 5.32 Å². The molecule has 1 aromatic rings. The van der Waals surface area contributed by atoms with Gasteiger partial charge < -0.3 is 20.2 Å². The lowest BCUT2D eigenvalue weighted by atomic mass is 10.1. The van der Waals surface area contributed by atoms with Gasteiger partial charge in [0.25, 0.3) is 0 Å². The zero-order valence-corrected chi connectivity index (χ0v) is 13.1. The number of carbonyl (C=O) groups excluding carboxylic acids is 1. The highest BCUT2D eigenvalue weighted by molar-refractivity contribution is 7.52. The first-order chi connectivity index (χ1) is 9.48. The first-order valence-electron chi connectivity index (χ1n) is 6.68. The van der Waals surface area contributed by atoms with E-state index in [1.165, 1.54) is 18.2 Å². The smallest absolute Gasteiger partial charge is 0.361 e. The van der Waals surface area contributed by atoms with Crippen LogP contribution in [0.1, 0.15) is 32.8 Å². The Balaban J connectivity index is 2.23. The van der Waals surface area contributed by atoms with Crippen molar-refractivity contribution in [2.24, 2.45) is 11.3 Å². The summed E-state index contributed by atoms with van der Waals surface area (Å²) < 4.78 is 11.4. The Kier molecular flexibility index (Phi) is 3.79. The van der Waals surface area contributed by atoms with Crippen LogP contribution >= 0.6 is 7.60 Å². The van der Waals surface area contributed by atoms with Gasteiger partial charge in [-0.1, -0.05) is 26.0 Å². The second kappa shape index (κ2) is 4.92. The number of aliphatic hydroxyl groups is 1. The van der Waals surface area contributed by atoms with Crippen molar-refractivity contribution in [2.45, 2.75) is 32.5 Å². The molecule has 0 radical (unpaired) electrons. The van der Waals surface area contributed by atoms with E-state index >= 15 is 0 Å². The molecule has 0 aromatic heterocycles. The lowest BCUT2D eigenvalue weighted by Crippen LogP contribution is -2.24. The molecular weight excluding hydrogens is 293 g/mol. The van der Waals surface area contributed by atoms with Gasteiger partial charge in [0, 0.05) is 11.1 Å². The number of hydrogen-bond donors (Lipinski definition) is 4. The van der Waals surface area contributed by atoms with Gasteiger partial charge in [0.1, 0.15) is 0 Å². The van der Waals surface area contributed by atoms with Gasteiger partial charge in [-0.15, -0.1) is 0 Å². The minimum Gasteiger partial charge on any atom is -0.373 e. The molecule has 2 rings (SSSR count). The van der Waals surface area contributed by atoms with Crippen LogP contribution in [0.5, 0.6) is 0 Å². The molecule has 0 heterocycles. The van der Waals surface area contributed by atoms with E-state index in [4.69, 9.17) is 0 Å². The summed E-state index contributed by atoms with van der Waals surface area (Å²) in [5, 5.41) is 10.5. The maximum atomic E-state index is 12.1. The van der Waals surface area contributed by atoms with Crippen LogP contribution in [-0.4, -0.2) is 20.8 Å². The molecule has 1 aliphatic carbocycles. The summed E-state index contributed by atoms with van der Waals surface area (Å²) in [7, 11) is -4.73. The SMILES string of the molecule is C[C@H]1CC1(C)C(=O)Nc1cccc(C(C)(O)P(=O)(O)O)c1. The van der Waals surface area contributed by atoms with Crippen LogP contribution in [0.15, 0.2) is 24.3 Å². The first kappa shape index (κ1) is 16.2. The van der Waals surface area contributed by atoms with Crippen LogP contribution in [0.4, 0.5) is 5.69 Å². The number of amides is 1. The summed E-state index contributed by atoms with van der Waals surface area (Å²) in [5.41, 5.74) is 0.0797. The number of rotatable bonds is 4. The Morgan fingerprint density at radius 3 is 2.52 bits per heavy atom. The van der Waals surface area contributed by atoms with Gasteiger partial charge in [0.15, 0.2) is 5.34 Å². The van der Waals surface area contributed by atoms with Crippen LogP contribution in [0.2, 0.25) is 0 Å². The minimum absolute atomic E-state index is 0.0580. The standard InChI is InChI=1S/C14H20NO5P/c1-9-8-13(9,2)12(16)15-11-6-4-5-10(7-11)14(3,17)21(18,19)20/h4-7,9,17H,8H2,1-3H3,(H,15,16)(H2,18,19,20)/t9-,13?,14?/m0/s1. The van der Waals surface area contributed by atoms with E-state index in [1.807, 2.05) is 13.8 Å². The molecular formula is C14H20NO5P. The van der Waals surface area contributed by atoms with Crippen LogP contribution in [0.25, 0.3) is 0 Å². The molecule has 1 fully saturated rings. The molecule has 3 atom stereocenters. The number of benzene rings is 1. The summed E-state index contributed by atoms with van der Waals surface area (Å²) >= 11 is 0. The Labute approximate surface area is 123 Å². The van der Waals surface area contributed by atoms with Gasteiger partial charge >= 0.3 is 7.60 Å². The topological polar surface area (TPSA) is 107 Å². The van der Waals surface area contributed by atoms with Crippen molar-refractivity contribution in [2.75, 3.05) is 5.32 Å². The fraction of sp³-hybridized carbons (Fsp3) is 0.500. The number of anilines is 1. The van der Waals surface area contributed by atoms with Gasteiger partial charge in [-0.25, -0.2) is 0 Å². The molecule has 4 N–H and O–H groups in total. The Morgan fingerprint density at radius 1 is 1.48 bits per heavy atom. The van der Waals surface area contributed by atoms with Crippen LogP contribution in [0.3, 0.4) is 0 Å². The number of carbonyl (C=O) groups is 1. The van der Waals surface area contributed by atoms with E-state index < -0.39 is 12.9 Å². The van der Waals surface area contributed by atoms with E-state index in [0.717, 1.165) is 13.3 Å². The highest BCUT2D eigenvalue weighted by atomic mass is 31.2. The summed E-state index contributed by atoms with van der Waals surface area (Å²) in [5.74, 6) is 0.196. The molecule has 1 amide bonds. The summed E-state index contributed by atoms with van der Waals surface area (Å²) in [6.45, 7) is 4.93. The lowest BCUT2D eigenvalue weighted by molar-refractivity contribution is -0.121. The first-order valence-corrected chi connectivity index (χ1v) is 8.30. The normalized spacial score (nSPS) is 27.8. The van der Waals surface area contributed by atoms with Gasteiger partial charge in [0.2, 0.25) is 5.91 Å². The van der Waals surface area contributed by atoms with Crippen molar-refractivity contribution in [1.82, 2.24) is 0 Å². The largest absolute Gasteiger partial charge is 0.373 e. The molecule has 21 heavy (non-hydrogen) atoms. The Bertz CT molecular complexity index is 624. The third kappa shape index (κ3) is 2.90. The average molecular weight is 313 g/mol. The minimum atomic E-state index is -4.73. The van der Waals surface area contributed by atoms with Crippen molar-refractivity contribution < 1.29 is 24.3 Å². The van der Waals surface area contributed by atoms with Crippen molar-refractivity contribution in [3.8, 4) is 0 Å². The highest BCUT2D eigenvalue weighted by Crippen LogP contribution is 2.55. The number of hydrogen-bond acceptors (Lipinski definition) is 3. The molecule has 7 heteroatoms. The highest BCUT2D eigenvalue weighted by Gasteiger charge is 2.53. The monoisotopic (exact) mass is 313 g/mol. The average Bonchev–Trinajstić information content (AvgIpc) is 2.98. The summed E-state index contributed by atoms with van der Waals surface area (Å²) in [6.07, 6.45) is 0.818. The molecule has 1 aliphatic rings. The van der Waals surface area contributed by atoms with E-state index in [9.17, 15) is 24.3 Å². The van der Waals surface area contributed by atoms with Crippen molar-refractivity contribution in [1.29, 1.82) is 0 Å². The second-order valence-electron chi connectivity index (χ2n) is 6.12. The van der Waals surface area contributed by atoms with Crippen molar-refractivity contribution >= 4 is 19.2 Å². The molecule has 6 nitrogen and oxygen atoms in total. The van der Waals surface area contributed by atoms with Crippen molar-refractivity contribution in [3.05, 3.63) is 29.8 Å². The van der Waals surface area contributed by atoms with Gasteiger partial charge in [-0.2, -0.15) is 0 Å². The van der Waals surface area contributed by atoms with Gasteiger partial charge in [-0.05, 0) is 37.0 Å². The molecule has 116 valence electrons. The molecule has 0 spiro atoms. The third-order valence-corrected chi connectivity index (χ3v) is 5.80. The van der Waals surface area contributed by atoms with Crippen LogP contribution in [-0.2, 0) is 14.7 Å². The number of nitrogens with one attached hydrogen (secondary N) is 1. The van der Waals surface area contributed by atoms with Crippen LogP contribution in [0, 0.1) is 11.3 Å². The maximum Gasteiger partial charge on any atom is 0.361 e. The Hall–Kier alpha value is -1.20. The Morgan fingerprint density at radius 2 is 2.05 bits per heavy atom. The summed E-state index contributed by atoms with van der Waals surface area (Å²) in [6, 6.07) is 5.95. The second-order valence-corrected chi connectivity index (χ2v) is 8.08. The fourth-order valence-corrected chi connectivity index (χ4v) is 2.70. The van der Waals surface area contributed by atoms with E-state index in [-0.39, 0.29) is 16.9 Å². The molecule has 0 saturated heterocycles. The summed E-state index contributed by atoms with van der Waals surface area (Å²) in [4.78, 5) is 30.6. The van der Waals surface area contributed by atoms with E-state index in [0.29, 0.717) is 11.6 Å². The quantitative estimate of drug-likeness (QED) is 0.636. The zero-order valence-electron chi connectivity index (χ0n) is 12.2. The lowest BCUT2D eigenvalue weighted by Gasteiger charge is -2.25. The van der Waals surface area contributed by atoms with Gasteiger partial charge in [0.05, 0.1) is 0 Å². The van der Waals surface area contributed by atoms with Crippen molar-refractivity contribution in [3.63, 3.8) is 0 Å².